The molecule has 4 rings (SSSR count). The summed E-state index contributed by atoms with van der Waals surface area (Å²) in [7, 11) is 8.21. The molecule has 0 saturated carbocycles. The fourth-order valence-electron chi connectivity index (χ4n) is 4.99. The summed E-state index contributed by atoms with van der Waals surface area (Å²) in [6.45, 7) is -0.276. The van der Waals surface area contributed by atoms with Crippen molar-refractivity contribution >= 4 is 11.6 Å². The molecule has 0 saturated heterocycles. The quantitative estimate of drug-likeness (QED) is 0.312. The molecule has 11 heteroatoms. The summed E-state index contributed by atoms with van der Waals surface area (Å²) in [5.41, 5.74) is 4.08. The molecule has 40 heavy (non-hydrogen) atoms. The van der Waals surface area contributed by atoms with E-state index in [4.69, 9.17) is 14.2 Å². The van der Waals surface area contributed by atoms with Crippen LogP contribution in [0.4, 0.5) is 5.69 Å². The van der Waals surface area contributed by atoms with Crippen molar-refractivity contribution in [2.24, 2.45) is 0 Å². The van der Waals surface area contributed by atoms with Gasteiger partial charge in [0.2, 0.25) is 11.2 Å². The molecule has 0 radical (unpaired) electrons. The van der Waals surface area contributed by atoms with Crippen LogP contribution in [0.3, 0.4) is 0 Å². The third kappa shape index (κ3) is 5.63. The summed E-state index contributed by atoms with van der Waals surface area (Å²) < 4.78 is 17.0. The molecule has 0 fully saturated rings. The van der Waals surface area contributed by atoms with Crippen LogP contribution >= 0.6 is 0 Å². The Morgan fingerprint density at radius 3 is 2.45 bits per heavy atom. The lowest BCUT2D eigenvalue weighted by atomic mass is 9.95. The van der Waals surface area contributed by atoms with Crippen molar-refractivity contribution in [1.82, 2.24) is 5.32 Å². The van der Waals surface area contributed by atoms with Crippen molar-refractivity contribution in [3.63, 3.8) is 0 Å². The second-order valence-electron chi connectivity index (χ2n) is 9.43. The van der Waals surface area contributed by atoms with Crippen LogP contribution in [0.1, 0.15) is 39.5 Å². The molecule has 3 aromatic rings. The van der Waals surface area contributed by atoms with Gasteiger partial charge < -0.3 is 29.3 Å². The van der Waals surface area contributed by atoms with Crippen LogP contribution in [0.5, 0.6) is 17.2 Å². The molecule has 0 spiro atoms. The maximum atomic E-state index is 13.4. The molecule has 0 unspecified atom stereocenters. The molecule has 3 aromatic carbocycles. The van der Waals surface area contributed by atoms with Crippen molar-refractivity contribution in [3.8, 4) is 28.4 Å². The minimum atomic E-state index is -0.881. The second-order valence-corrected chi connectivity index (χ2v) is 9.43. The number of nitrogens with one attached hydrogen (secondary N) is 1. The van der Waals surface area contributed by atoms with E-state index in [1.54, 1.807) is 63.5 Å². The Morgan fingerprint density at radius 1 is 1.05 bits per heavy atom. The number of anilines is 1. The number of carbonyl (C=O) groups is 1. The van der Waals surface area contributed by atoms with Gasteiger partial charge in [-0.15, -0.1) is 10.1 Å². The number of amides is 1. The third-order valence-electron chi connectivity index (χ3n) is 6.83. The van der Waals surface area contributed by atoms with Gasteiger partial charge in [0.05, 0.1) is 33.1 Å². The SMILES string of the molecule is COc1cc2c(c(OC)c1OC)-c1ccc(N(C)C)c(=O)cc1[C@@H](NC(=O)c1cccc(CO[N+](=O)[O-])c1)CC2. The number of carbonyl (C=O) groups excluding carboxylic acids is 1. The minimum absolute atomic E-state index is 0.202. The van der Waals surface area contributed by atoms with Gasteiger partial charge in [-0.25, -0.2) is 0 Å². The van der Waals surface area contributed by atoms with Crippen LogP contribution in [0.2, 0.25) is 0 Å². The van der Waals surface area contributed by atoms with E-state index in [2.05, 4.69) is 10.2 Å². The van der Waals surface area contributed by atoms with Crippen LogP contribution in [0, 0.1) is 10.1 Å². The highest BCUT2D eigenvalue weighted by Crippen LogP contribution is 2.50. The topological polar surface area (TPSA) is 129 Å². The van der Waals surface area contributed by atoms with Crippen LogP contribution < -0.4 is 29.9 Å². The van der Waals surface area contributed by atoms with Crippen LogP contribution in [0.15, 0.2) is 53.3 Å². The smallest absolute Gasteiger partial charge is 0.294 e. The van der Waals surface area contributed by atoms with E-state index in [1.165, 1.54) is 13.2 Å². The highest BCUT2D eigenvalue weighted by molar-refractivity contribution is 5.95. The number of methoxy groups -OCH3 is 3. The molecule has 1 N–H and O–H groups in total. The van der Waals surface area contributed by atoms with E-state index >= 15 is 0 Å². The normalized spacial score (nSPS) is 13.7. The monoisotopic (exact) mass is 549 g/mol. The van der Waals surface area contributed by atoms with Crippen LogP contribution in [-0.4, -0.2) is 46.4 Å². The zero-order valence-corrected chi connectivity index (χ0v) is 23.0. The van der Waals surface area contributed by atoms with Crippen molar-refractivity contribution in [2.75, 3.05) is 40.3 Å². The van der Waals surface area contributed by atoms with Gasteiger partial charge in [-0.1, -0.05) is 18.2 Å². The van der Waals surface area contributed by atoms with Gasteiger partial charge in [0.25, 0.3) is 11.0 Å². The number of nitrogens with zero attached hydrogens (tertiary/aromatic N) is 2. The molecule has 1 aliphatic carbocycles. The van der Waals surface area contributed by atoms with E-state index in [-0.39, 0.29) is 12.0 Å². The summed E-state index contributed by atoms with van der Waals surface area (Å²) in [4.78, 5) is 43.5. The Balaban J connectivity index is 1.85. The van der Waals surface area contributed by atoms with Gasteiger partial charge in [-0.3, -0.25) is 9.59 Å². The van der Waals surface area contributed by atoms with E-state index in [1.807, 2.05) is 12.1 Å². The van der Waals surface area contributed by atoms with Gasteiger partial charge in [0, 0.05) is 25.2 Å². The molecule has 1 atom stereocenters. The predicted molar refractivity (Wildman–Crippen MR) is 149 cm³/mol. The number of benzene rings is 2. The molecule has 0 aliphatic heterocycles. The number of aryl methyl sites for hydroxylation is 1. The second kappa shape index (κ2) is 11.9. The van der Waals surface area contributed by atoms with Gasteiger partial charge in [0.1, 0.15) is 6.61 Å². The molecule has 0 heterocycles. The van der Waals surface area contributed by atoms with E-state index in [9.17, 15) is 19.7 Å². The van der Waals surface area contributed by atoms with Crippen molar-refractivity contribution in [3.05, 3.63) is 91.1 Å². The number of hydrogen-bond donors (Lipinski definition) is 1. The largest absolute Gasteiger partial charge is 0.493 e. The van der Waals surface area contributed by atoms with Gasteiger partial charge >= 0.3 is 0 Å². The Labute approximate surface area is 231 Å². The lowest BCUT2D eigenvalue weighted by molar-refractivity contribution is -0.763. The first kappa shape index (κ1) is 28.2. The Bertz CT molecular complexity index is 1510. The van der Waals surface area contributed by atoms with Crippen LogP contribution in [-0.2, 0) is 17.9 Å². The molecule has 11 nitrogen and oxygen atoms in total. The lowest BCUT2D eigenvalue weighted by Gasteiger charge is -2.20. The molecule has 1 aliphatic rings. The van der Waals surface area contributed by atoms with E-state index in [0.29, 0.717) is 58.0 Å². The average Bonchev–Trinajstić information content (AvgIpc) is 3.19. The average molecular weight is 550 g/mol. The fraction of sp³-hybridized carbons (Fsp3) is 0.310. The van der Waals surface area contributed by atoms with Crippen LogP contribution in [0.25, 0.3) is 11.1 Å². The maximum Gasteiger partial charge on any atom is 0.294 e. The first-order chi connectivity index (χ1) is 19.2. The first-order valence-corrected chi connectivity index (χ1v) is 12.5. The van der Waals surface area contributed by atoms with Gasteiger partial charge in [0.15, 0.2) is 11.5 Å². The summed E-state index contributed by atoms with van der Waals surface area (Å²) >= 11 is 0. The van der Waals surface area contributed by atoms with E-state index in [0.717, 1.165) is 11.1 Å². The fourth-order valence-corrected chi connectivity index (χ4v) is 4.99. The summed E-state index contributed by atoms with van der Waals surface area (Å²) in [5, 5.41) is 12.8. The third-order valence-corrected chi connectivity index (χ3v) is 6.83. The molecule has 210 valence electrons. The Morgan fingerprint density at radius 2 is 1.80 bits per heavy atom. The number of ether oxygens (including phenoxy) is 3. The van der Waals surface area contributed by atoms with Gasteiger partial charge in [-0.2, -0.15) is 0 Å². The number of hydrogen-bond acceptors (Lipinski definition) is 9. The van der Waals surface area contributed by atoms with Gasteiger partial charge in [-0.05, 0) is 65.4 Å². The summed E-state index contributed by atoms with van der Waals surface area (Å²) in [6.07, 6.45) is 1.02. The predicted octanol–water partition coefficient (Wildman–Crippen LogP) is 3.93. The highest BCUT2D eigenvalue weighted by Gasteiger charge is 2.30. The zero-order chi connectivity index (χ0) is 29.0. The minimum Gasteiger partial charge on any atom is -0.493 e. The standard InChI is InChI=1S/C29H31N3O8/c1-31(2)23-12-10-20-21(15-24(23)33)22(30-29(34)19-8-6-7-17(13-19)16-40-32(35)36)11-9-18-14-25(37-3)27(38-4)28(39-5)26(18)20/h6-8,10,12-15,22H,9,11,16H2,1-5H3,(H,30,34)/t22-/m0/s1. The first-order valence-electron chi connectivity index (χ1n) is 12.5. The molecule has 0 aromatic heterocycles. The lowest BCUT2D eigenvalue weighted by Crippen LogP contribution is -2.29. The van der Waals surface area contributed by atoms with Crippen molar-refractivity contribution in [1.29, 1.82) is 0 Å². The molecular formula is C29H31N3O8. The van der Waals surface area contributed by atoms with Crippen molar-refractivity contribution in [2.45, 2.75) is 25.5 Å². The summed E-state index contributed by atoms with van der Waals surface area (Å²) in [6, 6.07) is 12.9. The Kier molecular flexibility index (Phi) is 8.42. The molecular weight excluding hydrogens is 518 g/mol. The zero-order valence-electron chi connectivity index (χ0n) is 23.0. The number of fused-ring (bicyclic) bond motifs is 3. The number of rotatable bonds is 9. The highest BCUT2D eigenvalue weighted by atomic mass is 16.9. The van der Waals surface area contributed by atoms with E-state index < -0.39 is 17.0 Å². The Hall–Kier alpha value is -4.80. The molecule has 0 bridgehead atoms. The molecule has 1 amide bonds. The van der Waals surface area contributed by atoms with Crippen molar-refractivity contribution < 1.29 is 28.9 Å². The summed E-state index contributed by atoms with van der Waals surface area (Å²) in [5.74, 6) is 1.01. The maximum absolute atomic E-state index is 13.4.